The predicted molar refractivity (Wildman–Crippen MR) is 101 cm³/mol. The highest BCUT2D eigenvalue weighted by Gasteiger charge is 2.34. The normalized spacial score (nSPS) is 17.3. The number of hydrogen-bond donors (Lipinski definition) is 1. The van der Waals surface area contributed by atoms with Crippen LogP contribution in [0.2, 0.25) is 0 Å². The molecule has 4 nitrogen and oxygen atoms in total. The molecule has 2 amide bonds. The van der Waals surface area contributed by atoms with Crippen LogP contribution in [0.3, 0.4) is 0 Å². The number of hydrogen-bond acceptors (Lipinski definition) is 3. The zero-order valence-electron chi connectivity index (χ0n) is 12.7. The van der Waals surface area contributed by atoms with E-state index in [0.717, 1.165) is 15.7 Å². The lowest BCUT2D eigenvalue weighted by Crippen LogP contribution is -2.42. The molecular formula is C17H17IN2O2S. The minimum absolute atomic E-state index is 0.0452. The average Bonchev–Trinajstić information content (AvgIpc) is 3.21. The third kappa shape index (κ3) is 3.58. The molecule has 1 N–H and O–H groups in total. The summed E-state index contributed by atoms with van der Waals surface area (Å²) in [4.78, 5) is 27.5. The molecule has 3 rings (SSSR count). The molecule has 1 fully saturated rings. The summed E-state index contributed by atoms with van der Waals surface area (Å²) in [6, 6.07) is 9.12. The van der Waals surface area contributed by atoms with Crippen LogP contribution >= 0.6 is 33.9 Å². The van der Waals surface area contributed by atoms with Gasteiger partial charge in [0.25, 0.3) is 5.91 Å². The second-order valence-corrected chi connectivity index (χ2v) is 7.70. The van der Waals surface area contributed by atoms with E-state index >= 15 is 0 Å². The fraction of sp³-hybridized carbons (Fsp3) is 0.294. The zero-order chi connectivity index (χ0) is 16.4. The quantitative estimate of drug-likeness (QED) is 0.737. The van der Waals surface area contributed by atoms with Crippen molar-refractivity contribution in [1.82, 2.24) is 4.90 Å². The van der Waals surface area contributed by atoms with Crippen LogP contribution in [-0.2, 0) is 4.79 Å². The van der Waals surface area contributed by atoms with E-state index < -0.39 is 0 Å². The highest BCUT2D eigenvalue weighted by atomic mass is 127. The van der Waals surface area contributed by atoms with Gasteiger partial charge in [0.2, 0.25) is 5.91 Å². The molecule has 1 atom stereocenters. The lowest BCUT2D eigenvalue weighted by atomic mass is 10.2. The van der Waals surface area contributed by atoms with Gasteiger partial charge in [-0.2, -0.15) is 0 Å². The van der Waals surface area contributed by atoms with Gasteiger partial charge in [-0.15, -0.1) is 11.3 Å². The van der Waals surface area contributed by atoms with Crippen molar-refractivity contribution in [2.45, 2.75) is 25.8 Å². The van der Waals surface area contributed by atoms with Gasteiger partial charge in [-0.25, -0.2) is 0 Å². The first-order valence-electron chi connectivity index (χ1n) is 7.48. The van der Waals surface area contributed by atoms with Crippen LogP contribution in [0.25, 0.3) is 0 Å². The molecule has 0 radical (unpaired) electrons. The van der Waals surface area contributed by atoms with Gasteiger partial charge in [-0.3, -0.25) is 9.59 Å². The topological polar surface area (TPSA) is 49.4 Å². The second kappa shape index (κ2) is 7.00. The third-order valence-corrected chi connectivity index (χ3v) is 6.01. The van der Waals surface area contributed by atoms with Gasteiger partial charge in [0.1, 0.15) is 6.04 Å². The van der Waals surface area contributed by atoms with E-state index in [1.807, 2.05) is 42.6 Å². The highest BCUT2D eigenvalue weighted by Crippen LogP contribution is 2.24. The summed E-state index contributed by atoms with van der Waals surface area (Å²) < 4.78 is 1.11. The number of thiophene rings is 1. The standard InChI is InChI=1S/C17H17IN2O2S/c1-11-6-7-12(10-13(11)18)19-16(21)14-4-2-8-20(14)17(22)15-5-3-9-23-15/h3,5-7,9-10,14H,2,4,8H2,1H3,(H,19,21)/t14-/m0/s1. The van der Waals surface area contributed by atoms with Crippen molar-refractivity contribution in [3.63, 3.8) is 0 Å². The zero-order valence-corrected chi connectivity index (χ0v) is 15.7. The van der Waals surface area contributed by atoms with Crippen molar-refractivity contribution in [2.75, 3.05) is 11.9 Å². The van der Waals surface area contributed by atoms with Crippen LogP contribution in [0.1, 0.15) is 28.1 Å². The first-order valence-corrected chi connectivity index (χ1v) is 9.43. The molecule has 6 heteroatoms. The molecule has 0 unspecified atom stereocenters. The van der Waals surface area contributed by atoms with Crippen molar-refractivity contribution in [1.29, 1.82) is 0 Å². The Kier molecular flexibility index (Phi) is 5.01. The number of aryl methyl sites for hydroxylation is 1. The highest BCUT2D eigenvalue weighted by molar-refractivity contribution is 14.1. The first-order chi connectivity index (χ1) is 11.1. The molecule has 23 heavy (non-hydrogen) atoms. The van der Waals surface area contributed by atoms with Gasteiger partial charge in [-0.05, 0) is 71.5 Å². The Morgan fingerprint density at radius 3 is 2.87 bits per heavy atom. The smallest absolute Gasteiger partial charge is 0.264 e. The number of likely N-dealkylation sites (tertiary alicyclic amines) is 1. The fourth-order valence-electron chi connectivity index (χ4n) is 2.72. The molecule has 1 saturated heterocycles. The van der Waals surface area contributed by atoms with Crippen LogP contribution in [0, 0.1) is 10.5 Å². The molecule has 1 aliphatic rings. The molecular weight excluding hydrogens is 423 g/mol. The van der Waals surface area contributed by atoms with Crippen LogP contribution < -0.4 is 5.32 Å². The predicted octanol–water partition coefficient (Wildman–Crippen LogP) is 3.90. The Morgan fingerprint density at radius 1 is 1.35 bits per heavy atom. The van der Waals surface area contributed by atoms with Gasteiger partial charge < -0.3 is 10.2 Å². The summed E-state index contributed by atoms with van der Waals surface area (Å²) in [5.74, 6) is -0.150. The number of benzene rings is 1. The van der Waals surface area contributed by atoms with Crippen molar-refractivity contribution >= 4 is 51.4 Å². The van der Waals surface area contributed by atoms with Crippen LogP contribution in [-0.4, -0.2) is 29.3 Å². The molecule has 0 aliphatic carbocycles. The molecule has 1 aliphatic heterocycles. The maximum atomic E-state index is 12.6. The number of halogens is 1. The molecule has 0 bridgehead atoms. The van der Waals surface area contributed by atoms with Crippen LogP contribution in [0.15, 0.2) is 35.7 Å². The summed E-state index contributed by atoms with van der Waals surface area (Å²) in [5, 5.41) is 4.83. The Hall–Kier alpha value is -1.41. The summed E-state index contributed by atoms with van der Waals surface area (Å²) >= 11 is 3.67. The maximum Gasteiger partial charge on any atom is 0.264 e. The lowest BCUT2D eigenvalue weighted by Gasteiger charge is -2.23. The monoisotopic (exact) mass is 440 g/mol. The van der Waals surface area contributed by atoms with Crippen LogP contribution in [0.4, 0.5) is 5.69 Å². The van der Waals surface area contributed by atoms with E-state index in [4.69, 9.17) is 0 Å². The minimum atomic E-state index is -0.386. The number of rotatable bonds is 3. The van der Waals surface area contributed by atoms with Gasteiger partial charge in [0.15, 0.2) is 0 Å². The van der Waals surface area contributed by atoms with E-state index in [1.165, 1.54) is 16.9 Å². The molecule has 1 aromatic heterocycles. The molecule has 0 saturated carbocycles. The number of anilines is 1. The SMILES string of the molecule is Cc1ccc(NC(=O)[C@@H]2CCCN2C(=O)c2cccs2)cc1I. The fourth-order valence-corrected chi connectivity index (χ4v) is 3.91. The van der Waals surface area contributed by atoms with Crippen molar-refractivity contribution in [2.24, 2.45) is 0 Å². The van der Waals surface area contributed by atoms with Crippen molar-refractivity contribution < 1.29 is 9.59 Å². The molecule has 2 heterocycles. The maximum absolute atomic E-state index is 12.6. The average molecular weight is 440 g/mol. The molecule has 0 spiro atoms. The van der Waals surface area contributed by atoms with E-state index in [0.29, 0.717) is 17.8 Å². The van der Waals surface area contributed by atoms with Gasteiger partial charge in [0, 0.05) is 15.8 Å². The Morgan fingerprint density at radius 2 is 2.17 bits per heavy atom. The number of carbonyl (C=O) groups excluding carboxylic acids is 2. The Labute approximate surface area is 153 Å². The van der Waals surface area contributed by atoms with Gasteiger partial charge in [-0.1, -0.05) is 12.1 Å². The van der Waals surface area contributed by atoms with Gasteiger partial charge in [0.05, 0.1) is 4.88 Å². The number of carbonyl (C=O) groups is 2. The molecule has 120 valence electrons. The molecule has 2 aromatic rings. The van der Waals surface area contributed by atoms with E-state index in [2.05, 4.69) is 27.9 Å². The van der Waals surface area contributed by atoms with E-state index in [9.17, 15) is 9.59 Å². The van der Waals surface area contributed by atoms with Crippen molar-refractivity contribution in [3.8, 4) is 0 Å². The molecule has 1 aromatic carbocycles. The van der Waals surface area contributed by atoms with E-state index in [-0.39, 0.29) is 17.9 Å². The largest absolute Gasteiger partial charge is 0.326 e. The van der Waals surface area contributed by atoms with E-state index in [1.54, 1.807) is 4.90 Å². The third-order valence-electron chi connectivity index (χ3n) is 3.99. The summed E-state index contributed by atoms with van der Waals surface area (Å²) in [5.41, 5.74) is 1.96. The summed E-state index contributed by atoms with van der Waals surface area (Å²) in [6.07, 6.45) is 1.58. The number of amides is 2. The number of nitrogens with one attached hydrogen (secondary N) is 1. The van der Waals surface area contributed by atoms with Gasteiger partial charge >= 0.3 is 0 Å². The number of nitrogens with zero attached hydrogens (tertiary/aromatic N) is 1. The Bertz CT molecular complexity index is 730. The summed E-state index contributed by atoms with van der Waals surface area (Å²) in [7, 11) is 0. The van der Waals surface area contributed by atoms with Crippen molar-refractivity contribution in [3.05, 3.63) is 49.7 Å². The summed E-state index contributed by atoms with van der Waals surface area (Å²) in [6.45, 7) is 2.67. The Balaban J connectivity index is 1.73. The second-order valence-electron chi connectivity index (χ2n) is 5.59. The first kappa shape index (κ1) is 16.4. The minimum Gasteiger partial charge on any atom is -0.326 e. The lowest BCUT2D eigenvalue weighted by molar-refractivity contribution is -0.119. The van der Waals surface area contributed by atoms with Crippen LogP contribution in [0.5, 0.6) is 0 Å².